The Hall–Kier alpha value is -0.930. The summed E-state index contributed by atoms with van der Waals surface area (Å²) < 4.78 is 5.84. The third kappa shape index (κ3) is 7.54. The molecule has 5 heteroatoms. The molecule has 2 nitrogen and oxygen atoms in total. The van der Waals surface area contributed by atoms with E-state index in [1.165, 1.54) is 50.5 Å². The van der Waals surface area contributed by atoms with Crippen molar-refractivity contribution in [1.82, 2.24) is 5.32 Å². The van der Waals surface area contributed by atoms with E-state index in [1.807, 2.05) is 24.3 Å². The molecule has 0 aliphatic heterocycles. The van der Waals surface area contributed by atoms with Crippen molar-refractivity contribution in [3.8, 4) is 5.75 Å². The van der Waals surface area contributed by atoms with E-state index in [9.17, 15) is 0 Å². The van der Waals surface area contributed by atoms with Gasteiger partial charge in [0, 0.05) is 28.2 Å². The Morgan fingerprint density at radius 1 is 0.889 bits per heavy atom. The maximum absolute atomic E-state index is 6.19. The summed E-state index contributed by atoms with van der Waals surface area (Å²) in [4.78, 5) is 0. The van der Waals surface area contributed by atoms with E-state index >= 15 is 0 Å². The summed E-state index contributed by atoms with van der Waals surface area (Å²) >= 11 is 12.1. The van der Waals surface area contributed by atoms with Crippen LogP contribution in [0, 0.1) is 0 Å². The van der Waals surface area contributed by atoms with E-state index in [2.05, 4.69) is 17.4 Å². The van der Waals surface area contributed by atoms with Crippen LogP contribution in [0.3, 0.4) is 0 Å². The Bertz CT molecular complexity index is 682. The Morgan fingerprint density at radius 2 is 1.56 bits per heavy atom. The van der Waals surface area contributed by atoms with Gasteiger partial charge in [0.2, 0.25) is 0 Å². The van der Waals surface area contributed by atoms with Crippen molar-refractivity contribution < 1.29 is 4.74 Å². The number of nitrogens with one attached hydrogen (secondary N) is 1. The van der Waals surface area contributed by atoms with Gasteiger partial charge in [0.1, 0.15) is 12.4 Å². The molecule has 0 atom stereocenters. The first kappa shape index (κ1) is 22.4. The summed E-state index contributed by atoms with van der Waals surface area (Å²) in [5.41, 5.74) is 2.23. The van der Waals surface area contributed by atoms with Crippen LogP contribution in [0.1, 0.15) is 56.1 Å². The van der Waals surface area contributed by atoms with E-state index in [0.717, 1.165) is 17.9 Å². The van der Waals surface area contributed by atoms with Gasteiger partial charge in [-0.25, -0.2) is 0 Å². The normalized spacial score (nSPS) is 15.5. The van der Waals surface area contributed by atoms with Crippen molar-refractivity contribution in [2.45, 2.75) is 64.1 Å². The Labute approximate surface area is 179 Å². The van der Waals surface area contributed by atoms with Gasteiger partial charge < -0.3 is 10.1 Å². The number of hydrogen-bond donors (Lipinski definition) is 1. The molecular formula is C22H28Cl3NO. The molecule has 0 unspecified atom stereocenters. The molecule has 0 spiro atoms. The fourth-order valence-electron chi connectivity index (χ4n) is 3.43. The number of benzene rings is 2. The van der Waals surface area contributed by atoms with Gasteiger partial charge in [-0.15, -0.1) is 12.4 Å². The lowest BCUT2D eigenvalue weighted by atomic mass is 9.96. The number of ether oxygens (including phenoxy) is 1. The number of hydrogen-bond acceptors (Lipinski definition) is 2. The second-order valence-electron chi connectivity index (χ2n) is 7.09. The van der Waals surface area contributed by atoms with Crippen molar-refractivity contribution in [3.63, 3.8) is 0 Å². The topological polar surface area (TPSA) is 21.3 Å². The fraction of sp³-hybridized carbons (Fsp3) is 0.455. The Morgan fingerprint density at radius 3 is 2.22 bits per heavy atom. The molecular weight excluding hydrogens is 401 g/mol. The molecule has 1 aliphatic rings. The zero-order valence-electron chi connectivity index (χ0n) is 15.6. The lowest BCUT2D eigenvalue weighted by Crippen LogP contribution is -2.29. The van der Waals surface area contributed by atoms with Crippen LogP contribution in [-0.4, -0.2) is 6.04 Å². The largest absolute Gasteiger partial charge is 0.489 e. The molecule has 1 aliphatic carbocycles. The van der Waals surface area contributed by atoms with Crippen molar-refractivity contribution >= 4 is 35.6 Å². The molecule has 0 aromatic heterocycles. The first-order valence-electron chi connectivity index (χ1n) is 9.60. The fourth-order valence-corrected chi connectivity index (χ4v) is 3.89. The highest BCUT2D eigenvalue weighted by Crippen LogP contribution is 2.23. The number of halogens is 3. The van der Waals surface area contributed by atoms with Crippen molar-refractivity contribution in [3.05, 3.63) is 63.6 Å². The molecule has 2 aromatic rings. The molecule has 2 aromatic carbocycles. The second-order valence-corrected chi connectivity index (χ2v) is 7.93. The van der Waals surface area contributed by atoms with Crippen LogP contribution in [0.4, 0.5) is 0 Å². The first-order chi connectivity index (χ1) is 12.7. The van der Waals surface area contributed by atoms with Crippen molar-refractivity contribution in [2.75, 3.05) is 0 Å². The zero-order valence-corrected chi connectivity index (χ0v) is 17.9. The van der Waals surface area contributed by atoms with Crippen molar-refractivity contribution in [2.24, 2.45) is 0 Å². The summed E-state index contributed by atoms with van der Waals surface area (Å²) in [7, 11) is 0. The van der Waals surface area contributed by atoms with Gasteiger partial charge in [-0.1, -0.05) is 73.5 Å². The van der Waals surface area contributed by atoms with Crippen LogP contribution in [0.2, 0.25) is 10.0 Å². The molecule has 1 fully saturated rings. The maximum atomic E-state index is 6.19. The molecule has 1 saturated carbocycles. The molecule has 0 radical (unpaired) electrons. The molecule has 0 bridgehead atoms. The molecule has 0 saturated heterocycles. The van der Waals surface area contributed by atoms with Gasteiger partial charge in [0.15, 0.2) is 0 Å². The minimum absolute atomic E-state index is 0. The van der Waals surface area contributed by atoms with Gasteiger partial charge >= 0.3 is 0 Å². The minimum Gasteiger partial charge on any atom is -0.489 e. The highest BCUT2D eigenvalue weighted by molar-refractivity contribution is 6.35. The third-order valence-electron chi connectivity index (χ3n) is 5.03. The van der Waals surface area contributed by atoms with Crippen LogP contribution < -0.4 is 10.1 Å². The van der Waals surface area contributed by atoms with E-state index in [1.54, 1.807) is 6.07 Å². The highest BCUT2D eigenvalue weighted by Gasteiger charge is 2.10. The van der Waals surface area contributed by atoms with Gasteiger partial charge in [-0.05, 0) is 42.7 Å². The van der Waals surface area contributed by atoms with Gasteiger partial charge in [-0.3, -0.25) is 0 Å². The summed E-state index contributed by atoms with van der Waals surface area (Å²) in [6.45, 7) is 1.36. The SMILES string of the molecule is Cl.Clc1ccc(COc2ccc(CNC3CCCCCCC3)cc2)c(Cl)c1. The standard InChI is InChI=1S/C22H27Cl2NO.ClH/c23-19-11-10-18(22(24)14-19)16-26-21-12-8-17(9-13-21)15-25-20-6-4-2-1-3-5-7-20;/h8-14,20,25H,1-7,15-16H2;1H. The van der Waals surface area contributed by atoms with Crippen molar-refractivity contribution in [1.29, 1.82) is 0 Å². The lowest BCUT2D eigenvalue weighted by molar-refractivity contribution is 0.306. The van der Waals surface area contributed by atoms with Gasteiger partial charge in [-0.2, -0.15) is 0 Å². The Balaban J connectivity index is 0.00000261. The van der Waals surface area contributed by atoms with Gasteiger partial charge in [0.05, 0.1) is 0 Å². The van der Waals surface area contributed by atoms with E-state index in [-0.39, 0.29) is 12.4 Å². The highest BCUT2D eigenvalue weighted by atomic mass is 35.5. The second kappa shape index (κ2) is 11.8. The third-order valence-corrected chi connectivity index (χ3v) is 5.62. The molecule has 3 rings (SSSR count). The quantitative estimate of drug-likeness (QED) is 0.525. The van der Waals surface area contributed by atoms with E-state index in [0.29, 0.717) is 22.7 Å². The summed E-state index contributed by atoms with van der Waals surface area (Å²) in [6, 6.07) is 14.5. The lowest BCUT2D eigenvalue weighted by Gasteiger charge is -2.21. The first-order valence-corrected chi connectivity index (χ1v) is 10.4. The summed E-state index contributed by atoms with van der Waals surface area (Å²) in [6.07, 6.45) is 9.53. The summed E-state index contributed by atoms with van der Waals surface area (Å²) in [5.74, 6) is 0.853. The van der Waals surface area contributed by atoms with Crippen LogP contribution in [-0.2, 0) is 13.2 Å². The maximum Gasteiger partial charge on any atom is 0.119 e. The smallest absolute Gasteiger partial charge is 0.119 e. The minimum atomic E-state index is 0. The monoisotopic (exact) mass is 427 g/mol. The predicted molar refractivity (Wildman–Crippen MR) is 117 cm³/mol. The van der Waals surface area contributed by atoms with E-state index < -0.39 is 0 Å². The molecule has 0 amide bonds. The molecule has 148 valence electrons. The molecule has 0 heterocycles. The van der Waals surface area contributed by atoms with Crippen LogP contribution in [0.15, 0.2) is 42.5 Å². The molecule has 27 heavy (non-hydrogen) atoms. The molecule has 1 N–H and O–H groups in total. The number of rotatable bonds is 6. The van der Waals surface area contributed by atoms with E-state index in [4.69, 9.17) is 27.9 Å². The van der Waals surface area contributed by atoms with Crippen LogP contribution >= 0.6 is 35.6 Å². The predicted octanol–water partition coefficient (Wildman–Crippen LogP) is 7.20. The average Bonchev–Trinajstić information content (AvgIpc) is 2.61. The van der Waals surface area contributed by atoms with Gasteiger partial charge in [0.25, 0.3) is 0 Å². The van der Waals surface area contributed by atoms with Crippen LogP contribution in [0.25, 0.3) is 0 Å². The summed E-state index contributed by atoms with van der Waals surface area (Å²) in [5, 5.41) is 5.00. The zero-order chi connectivity index (χ0) is 18.2. The Kier molecular flexibility index (Phi) is 9.78. The average molecular weight is 429 g/mol. The van der Waals surface area contributed by atoms with Crippen LogP contribution in [0.5, 0.6) is 5.75 Å².